The van der Waals surface area contributed by atoms with Gasteiger partial charge in [0.25, 0.3) is 0 Å². The standard InChI is InChI=1S/C19H21N3O2/c23-19(13-15-14-24-17-6-2-1-5-16(15)17)22-11-9-21(10-12-22)18-7-3-4-8-20-18/h1-8,15H,9-14H2. The van der Waals surface area contributed by atoms with Crippen molar-refractivity contribution in [3.8, 4) is 5.75 Å². The van der Waals surface area contributed by atoms with Gasteiger partial charge in [0.2, 0.25) is 5.91 Å². The van der Waals surface area contributed by atoms with Crippen molar-refractivity contribution in [3.63, 3.8) is 0 Å². The highest BCUT2D eigenvalue weighted by atomic mass is 16.5. The second-order valence-corrected chi connectivity index (χ2v) is 6.31. The molecular weight excluding hydrogens is 302 g/mol. The number of amides is 1. The number of anilines is 1. The number of carbonyl (C=O) groups excluding carboxylic acids is 1. The van der Waals surface area contributed by atoms with Gasteiger partial charge in [-0.05, 0) is 18.2 Å². The highest BCUT2D eigenvalue weighted by Gasteiger charge is 2.29. The van der Waals surface area contributed by atoms with E-state index >= 15 is 0 Å². The number of ether oxygens (including phenoxy) is 1. The van der Waals surface area contributed by atoms with Crippen molar-refractivity contribution in [2.75, 3.05) is 37.7 Å². The molecule has 0 saturated carbocycles. The first-order valence-corrected chi connectivity index (χ1v) is 8.47. The number of hydrogen-bond acceptors (Lipinski definition) is 4. The molecule has 1 unspecified atom stereocenters. The van der Waals surface area contributed by atoms with Crippen LogP contribution in [0.25, 0.3) is 0 Å². The van der Waals surface area contributed by atoms with Crippen LogP contribution in [0.1, 0.15) is 17.9 Å². The summed E-state index contributed by atoms with van der Waals surface area (Å²) in [7, 11) is 0. The van der Waals surface area contributed by atoms with Gasteiger partial charge >= 0.3 is 0 Å². The molecule has 0 spiro atoms. The van der Waals surface area contributed by atoms with Gasteiger partial charge in [0.15, 0.2) is 0 Å². The Bertz CT molecular complexity index is 712. The van der Waals surface area contributed by atoms with Crippen molar-refractivity contribution in [2.24, 2.45) is 0 Å². The highest BCUT2D eigenvalue weighted by Crippen LogP contribution is 2.35. The van der Waals surface area contributed by atoms with E-state index in [0.717, 1.165) is 43.3 Å². The molecule has 1 amide bonds. The Hall–Kier alpha value is -2.56. The molecule has 2 aliphatic heterocycles. The molecule has 5 nitrogen and oxygen atoms in total. The van der Waals surface area contributed by atoms with E-state index in [0.29, 0.717) is 13.0 Å². The minimum absolute atomic E-state index is 0.183. The number of nitrogens with zero attached hydrogens (tertiary/aromatic N) is 3. The van der Waals surface area contributed by atoms with Gasteiger partial charge in [-0.25, -0.2) is 4.98 Å². The molecule has 0 radical (unpaired) electrons. The molecule has 2 aliphatic rings. The maximum absolute atomic E-state index is 12.6. The summed E-state index contributed by atoms with van der Waals surface area (Å²) in [5.41, 5.74) is 1.16. The zero-order valence-corrected chi connectivity index (χ0v) is 13.6. The molecule has 1 saturated heterocycles. The van der Waals surface area contributed by atoms with Crippen LogP contribution in [0.3, 0.4) is 0 Å². The SMILES string of the molecule is O=C(CC1COc2ccccc21)N1CCN(c2ccccn2)CC1. The molecule has 4 rings (SSSR count). The van der Waals surface area contributed by atoms with Gasteiger partial charge in [-0.3, -0.25) is 4.79 Å². The van der Waals surface area contributed by atoms with Gasteiger partial charge in [0, 0.05) is 50.3 Å². The predicted octanol–water partition coefficient (Wildman–Crippen LogP) is 2.30. The Morgan fingerprint density at radius 1 is 1.08 bits per heavy atom. The van der Waals surface area contributed by atoms with Crippen LogP contribution >= 0.6 is 0 Å². The molecule has 0 aliphatic carbocycles. The smallest absolute Gasteiger partial charge is 0.223 e. The predicted molar refractivity (Wildman–Crippen MR) is 92.3 cm³/mol. The summed E-state index contributed by atoms with van der Waals surface area (Å²) in [5.74, 6) is 2.32. The van der Waals surface area contributed by atoms with Crippen LogP contribution in [0, 0.1) is 0 Å². The largest absolute Gasteiger partial charge is 0.493 e. The third-order valence-electron chi connectivity index (χ3n) is 4.83. The summed E-state index contributed by atoms with van der Waals surface area (Å²) in [4.78, 5) is 21.2. The lowest BCUT2D eigenvalue weighted by Gasteiger charge is -2.35. The fourth-order valence-corrected chi connectivity index (χ4v) is 3.46. The number of rotatable bonds is 3. The third kappa shape index (κ3) is 2.94. The van der Waals surface area contributed by atoms with Crippen LogP contribution in [-0.2, 0) is 4.79 Å². The molecule has 124 valence electrons. The summed E-state index contributed by atoms with van der Waals surface area (Å²) in [6.07, 6.45) is 2.34. The zero-order chi connectivity index (χ0) is 16.4. The van der Waals surface area contributed by atoms with Crippen LogP contribution in [0.5, 0.6) is 5.75 Å². The highest BCUT2D eigenvalue weighted by molar-refractivity contribution is 5.78. The van der Waals surface area contributed by atoms with Gasteiger partial charge < -0.3 is 14.5 Å². The van der Waals surface area contributed by atoms with E-state index in [2.05, 4.69) is 16.0 Å². The Balaban J connectivity index is 1.34. The number of pyridine rings is 1. The van der Waals surface area contributed by atoms with E-state index in [-0.39, 0.29) is 11.8 Å². The van der Waals surface area contributed by atoms with Crippen molar-refractivity contribution in [2.45, 2.75) is 12.3 Å². The third-order valence-corrected chi connectivity index (χ3v) is 4.83. The number of fused-ring (bicyclic) bond motifs is 1. The quantitative estimate of drug-likeness (QED) is 0.869. The molecular formula is C19H21N3O2. The summed E-state index contributed by atoms with van der Waals surface area (Å²) in [6, 6.07) is 14.0. The minimum Gasteiger partial charge on any atom is -0.493 e. The summed E-state index contributed by atoms with van der Waals surface area (Å²) < 4.78 is 5.69. The summed E-state index contributed by atoms with van der Waals surface area (Å²) >= 11 is 0. The van der Waals surface area contributed by atoms with Crippen molar-refractivity contribution in [1.29, 1.82) is 0 Å². The lowest BCUT2D eigenvalue weighted by Crippen LogP contribution is -2.49. The maximum atomic E-state index is 12.6. The molecule has 5 heteroatoms. The Morgan fingerprint density at radius 2 is 1.88 bits per heavy atom. The van der Waals surface area contributed by atoms with Crippen molar-refractivity contribution >= 4 is 11.7 Å². The topological polar surface area (TPSA) is 45.7 Å². The number of aromatic nitrogens is 1. The van der Waals surface area contributed by atoms with Crippen LogP contribution in [0.2, 0.25) is 0 Å². The minimum atomic E-state index is 0.183. The summed E-state index contributed by atoms with van der Waals surface area (Å²) in [6.45, 7) is 3.79. The molecule has 0 N–H and O–H groups in total. The van der Waals surface area contributed by atoms with Gasteiger partial charge in [-0.1, -0.05) is 24.3 Å². The monoisotopic (exact) mass is 323 g/mol. The lowest BCUT2D eigenvalue weighted by atomic mass is 9.97. The summed E-state index contributed by atoms with van der Waals surface area (Å²) in [5, 5.41) is 0. The molecule has 24 heavy (non-hydrogen) atoms. The van der Waals surface area contributed by atoms with Gasteiger partial charge in [0.1, 0.15) is 11.6 Å². The second-order valence-electron chi connectivity index (χ2n) is 6.31. The first-order valence-electron chi connectivity index (χ1n) is 8.47. The van der Waals surface area contributed by atoms with Crippen LogP contribution in [0.4, 0.5) is 5.82 Å². The molecule has 1 atom stereocenters. The first kappa shape index (κ1) is 15.0. The van der Waals surface area contributed by atoms with Crippen molar-refractivity contribution < 1.29 is 9.53 Å². The van der Waals surface area contributed by atoms with Crippen LogP contribution in [0.15, 0.2) is 48.7 Å². The molecule has 1 aromatic carbocycles. The number of piperazine rings is 1. The Morgan fingerprint density at radius 3 is 2.67 bits per heavy atom. The number of hydrogen-bond donors (Lipinski definition) is 0. The van der Waals surface area contributed by atoms with Gasteiger partial charge in [0.05, 0.1) is 6.61 Å². The van der Waals surface area contributed by atoms with Gasteiger partial charge in [-0.15, -0.1) is 0 Å². The van der Waals surface area contributed by atoms with E-state index in [9.17, 15) is 4.79 Å². The van der Waals surface area contributed by atoms with Gasteiger partial charge in [-0.2, -0.15) is 0 Å². The fraction of sp³-hybridized carbons (Fsp3) is 0.368. The Labute approximate surface area is 141 Å². The molecule has 1 aromatic heterocycles. The van der Waals surface area contributed by atoms with Crippen LogP contribution in [-0.4, -0.2) is 48.6 Å². The maximum Gasteiger partial charge on any atom is 0.223 e. The number of para-hydroxylation sites is 1. The van der Waals surface area contributed by atoms with E-state index in [1.165, 1.54) is 0 Å². The second kappa shape index (κ2) is 6.51. The van der Waals surface area contributed by atoms with Crippen LogP contribution < -0.4 is 9.64 Å². The number of benzene rings is 1. The Kier molecular flexibility index (Phi) is 4.07. The van der Waals surface area contributed by atoms with Crippen molar-refractivity contribution in [1.82, 2.24) is 9.88 Å². The van der Waals surface area contributed by atoms with Crippen molar-refractivity contribution in [3.05, 3.63) is 54.2 Å². The van der Waals surface area contributed by atoms with E-state index in [1.54, 1.807) is 0 Å². The zero-order valence-electron chi connectivity index (χ0n) is 13.6. The molecule has 0 bridgehead atoms. The molecule has 2 aromatic rings. The van der Waals surface area contributed by atoms with E-state index in [4.69, 9.17) is 4.74 Å². The molecule has 3 heterocycles. The first-order chi connectivity index (χ1) is 11.8. The van der Waals surface area contributed by atoms with E-state index in [1.807, 2.05) is 47.5 Å². The normalized spacial score (nSPS) is 19.8. The molecule has 1 fully saturated rings. The average Bonchev–Trinajstić information content (AvgIpc) is 3.06. The lowest BCUT2D eigenvalue weighted by molar-refractivity contribution is -0.132. The van der Waals surface area contributed by atoms with E-state index < -0.39 is 0 Å². The fourth-order valence-electron chi connectivity index (χ4n) is 3.46. The average molecular weight is 323 g/mol. The number of carbonyl (C=O) groups is 1.